The maximum atomic E-state index is 12.8. The van der Waals surface area contributed by atoms with E-state index in [2.05, 4.69) is 9.97 Å². The van der Waals surface area contributed by atoms with E-state index in [0.29, 0.717) is 24.0 Å². The number of rotatable bonds is 7. The summed E-state index contributed by atoms with van der Waals surface area (Å²) in [5, 5.41) is 0.488. The van der Waals surface area contributed by atoms with Crippen molar-refractivity contribution in [2.24, 2.45) is 0 Å². The van der Waals surface area contributed by atoms with Gasteiger partial charge in [0, 0.05) is 26.2 Å². The molecule has 1 amide bonds. The van der Waals surface area contributed by atoms with E-state index in [1.807, 2.05) is 38.0 Å². The number of amides is 1. The highest BCUT2D eigenvalue weighted by atomic mass is 16.2. The smallest absolute Gasteiger partial charge is 0.289 e. The van der Waals surface area contributed by atoms with E-state index in [1.165, 1.54) is 0 Å². The summed E-state index contributed by atoms with van der Waals surface area (Å²) in [5.41, 5.74) is 0.244. The number of H-pyrrole nitrogens is 1. The topological polar surface area (TPSA) is 72.5 Å². The molecule has 0 aliphatic carbocycles. The Kier molecular flexibility index (Phi) is 6.05. The number of benzene rings is 1. The van der Waals surface area contributed by atoms with Gasteiger partial charge in [0.15, 0.2) is 5.82 Å². The third kappa shape index (κ3) is 4.62. The quantitative estimate of drug-likeness (QED) is 0.799. The molecule has 1 heterocycles. The normalized spacial score (nSPS) is 11.4. The van der Waals surface area contributed by atoms with Crippen molar-refractivity contribution in [2.75, 3.05) is 54.4 Å². The summed E-state index contributed by atoms with van der Waals surface area (Å²) in [6.45, 7) is 2.65. The van der Waals surface area contributed by atoms with E-state index >= 15 is 0 Å². The predicted octanol–water partition coefficient (Wildman–Crippen LogP) is 0.489. The lowest BCUT2D eigenvalue weighted by atomic mass is 10.2. The van der Waals surface area contributed by atoms with Gasteiger partial charge in [0.25, 0.3) is 11.5 Å². The molecule has 0 atom stereocenters. The highest BCUT2D eigenvalue weighted by Crippen LogP contribution is 2.07. The molecule has 0 bridgehead atoms. The van der Waals surface area contributed by atoms with Crippen molar-refractivity contribution in [2.45, 2.75) is 0 Å². The van der Waals surface area contributed by atoms with Crippen LogP contribution in [0.5, 0.6) is 0 Å². The lowest BCUT2D eigenvalue weighted by Gasteiger charge is -2.25. The van der Waals surface area contributed by atoms with Crippen molar-refractivity contribution in [3.8, 4) is 0 Å². The Labute approximate surface area is 141 Å². The van der Waals surface area contributed by atoms with Gasteiger partial charge in [0.05, 0.1) is 10.9 Å². The lowest BCUT2D eigenvalue weighted by molar-refractivity contribution is 0.0721. The molecule has 0 radical (unpaired) electrons. The minimum absolute atomic E-state index is 0.0937. The Balaban J connectivity index is 2.28. The monoisotopic (exact) mass is 331 g/mol. The second kappa shape index (κ2) is 8.03. The third-order valence-corrected chi connectivity index (χ3v) is 3.74. The van der Waals surface area contributed by atoms with Crippen LogP contribution < -0.4 is 5.56 Å². The Morgan fingerprint density at radius 1 is 1.00 bits per heavy atom. The minimum Gasteiger partial charge on any atom is -0.333 e. The molecule has 0 fully saturated rings. The first kappa shape index (κ1) is 18.1. The zero-order valence-electron chi connectivity index (χ0n) is 14.7. The molecule has 1 N–H and O–H groups in total. The highest BCUT2D eigenvalue weighted by molar-refractivity contribution is 5.92. The SMILES string of the molecule is CN(C)CCN(CCN(C)C)C(=O)c1nc2ccccc2c(=O)[nH]1. The molecule has 1 aromatic carbocycles. The van der Waals surface area contributed by atoms with Crippen LogP contribution >= 0.6 is 0 Å². The van der Waals surface area contributed by atoms with Crippen molar-refractivity contribution in [3.63, 3.8) is 0 Å². The maximum absolute atomic E-state index is 12.8. The molecule has 0 saturated carbocycles. The van der Waals surface area contributed by atoms with Crippen LogP contribution in [0.3, 0.4) is 0 Å². The molecule has 0 unspecified atom stereocenters. The molecule has 2 aromatic rings. The fourth-order valence-corrected chi connectivity index (χ4v) is 2.29. The summed E-state index contributed by atoms with van der Waals surface area (Å²) in [4.78, 5) is 37.7. The van der Waals surface area contributed by atoms with Gasteiger partial charge in [-0.05, 0) is 40.3 Å². The maximum Gasteiger partial charge on any atom is 0.289 e. The van der Waals surface area contributed by atoms with Gasteiger partial charge in [-0.3, -0.25) is 9.59 Å². The number of aromatic amines is 1. The number of likely N-dealkylation sites (N-methyl/N-ethyl adjacent to an activating group) is 2. The van der Waals surface area contributed by atoms with Gasteiger partial charge < -0.3 is 19.7 Å². The standard InChI is InChI=1S/C17H25N5O2/c1-20(2)9-11-22(12-10-21(3)4)17(24)15-18-14-8-6-5-7-13(14)16(23)19-15/h5-8H,9-12H2,1-4H3,(H,18,19,23). The van der Waals surface area contributed by atoms with Gasteiger partial charge >= 0.3 is 0 Å². The molecule has 130 valence electrons. The first-order valence-electron chi connectivity index (χ1n) is 7.96. The Morgan fingerprint density at radius 2 is 1.58 bits per heavy atom. The molecule has 0 aliphatic rings. The van der Waals surface area contributed by atoms with Gasteiger partial charge in [0.2, 0.25) is 0 Å². The first-order chi connectivity index (χ1) is 11.4. The number of hydrogen-bond acceptors (Lipinski definition) is 5. The molecule has 1 aromatic heterocycles. The molecule has 0 aliphatic heterocycles. The van der Waals surface area contributed by atoms with Crippen LogP contribution in [0, 0.1) is 0 Å². The largest absolute Gasteiger partial charge is 0.333 e. The second-order valence-corrected chi connectivity index (χ2v) is 6.33. The number of aromatic nitrogens is 2. The minimum atomic E-state index is -0.288. The Bertz CT molecular complexity index is 742. The fraction of sp³-hybridized carbons (Fsp3) is 0.471. The summed E-state index contributed by atoms with van der Waals surface area (Å²) >= 11 is 0. The molecular weight excluding hydrogens is 306 g/mol. The van der Waals surface area contributed by atoms with Gasteiger partial charge in [-0.2, -0.15) is 0 Å². The molecule has 0 spiro atoms. The van der Waals surface area contributed by atoms with E-state index in [1.54, 1.807) is 29.2 Å². The van der Waals surface area contributed by atoms with E-state index in [-0.39, 0.29) is 17.3 Å². The molecule has 7 nitrogen and oxygen atoms in total. The van der Waals surface area contributed by atoms with Gasteiger partial charge in [0.1, 0.15) is 0 Å². The molecular formula is C17H25N5O2. The second-order valence-electron chi connectivity index (χ2n) is 6.33. The zero-order chi connectivity index (χ0) is 17.7. The van der Waals surface area contributed by atoms with Gasteiger partial charge in [-0.1, -0.05) is 12.1 Å². The number of nitrogens with one attached hydrogen (secondary N) is 1. The lowest BCUT2D eigenvalue weighted by Crippen LogP contribution is -2.41. The summed E-state index contributed by atoms with van der Waals surface area (Å²) in [7, 11) is 7.85. The van der Waals surface area contributed by atoms with Gasteiger partial charge in [-0.15, -0.1) is 0 Å². The molecule has 2 rings (SSSR count). The van der Waals surface area contributed by atoms with Crippen LogP contribution in [0.1, 0.15) is 10.6 Å². The molecule has 7 heteroatoms. The number of nitrogens with zero attached hydrogens (tertiary/aromatic N) is 4. The van der Waals surface area contributed by atoms with Gasteiger partial charge in [-0.25, -0.2) is 4.98 Å². The van der Waals surface area contributed by atoms with Crippen LogP contribution in [0.25, 0.3) is 10.9 Å². The number of fused-ring (bicyclic) bond motifs is 1. The average molecular weight is 331 g/mol. The third-order valence-electron chi connectivity index (χ3n) is 3.74. The van der Waals surface area contributed by atoms with Crippen LogP contribution in [0.2, 0.25) is 0 Å². The van der Waals surface area contributed by atoms with Crippen molar-refractivity contribution in [1.29, 1.82) is 0 Å². The van der Waals surface area contributed by atoms with E-state index < -0.39 is 0 Å². The van der Waals surface area contributed by atoms with Crippen LogP contribution in [0.15, 0.2) is 29.1 Å². The van der Waals surface area contributed by atoms with Crippen molar-refractivity contribution >= 4 is 16.8 Å². The van der Waals surface area contributed by atoms with Crippen molar-refractivity contribution in [3.05, 3.63) is 40.4 Å². The molecule has 24 heavy (non-hydrogen) atoms. The first-order valence-corrected chi connectivity index (χ1v) is 7.96. The summed E-state index contributed by atoms with van der Waals surface area (Å²) in [6, 6.07) is 7.02. The van der Waals surface area contributed by atoms with Crippen molar-refractivity contribution < 1.29 is 4.79 Å². The molecule has 0 saturated heterocycles. The summed E-state index contributed by atoms with van der Waals surface area (Å²) in [5.74, 6) is -0.155. The van der Waals surface area contributed by atoms with Crippen LogP contribution in [-0.2, 0) is 0 Å². The van der Waals surface area contributed by atoms with E-state index in [4.69, 9.17) is 0 Å². The summed E-state index contributed by atoms with van der Waals surface area (Å²) < 4.78 is 0. The number of carbonyl (C=O) groups excluding carboxylic acids is 1. The fourth-order valence-electron chi connectivity index (χ4n) is 2.29. The predicted molar refractivity (Wildman–Crippen MR) is 95.4 cm³/mol. The average Bonchev–Trinajstić information content (AvgIpc) is 2.54. The number of carbonyl (C=O) groups is 1. The number of para-hydroxylation sites is 1. The Morgan fingerprint density at radius 3 is 2.17 bits per heavy atom. The van der Waals surface area contributed by atoms with Crippen LogP contribution in [-0.4, -0.2) is 84.9 Å². The summed E-state index contributed by atoms with van der Waals surface area (Å²) in [6.07, 6.45) is 0. The highest BCUT2D eigenvalue weighted by Gasteiger charge is 2.19. The van der Waals surface area contributed by atoms with Crippen molar-refractivity contribution in [1.82, 2.24) is 24.7 Å². The van der Waals surface area contributed by atoms with Crippen LogP contribution in [0.4, 0.5) is 0 Å². The van der Waals surface area contributed by atoms with E-state index in [0.717, 1.165) is 13.1 Å². The van der Waals surface area contributed by atoms with E-state index in [9.17, 15) is 9.59 Å². The number of hydrogen-bond donors (Lipinski definition) is 1. The zero-order valence-corrected chi connectivity index (χ0v) is 14.7. The Hall–Kier alpha value is -2.25.